The lowest BCUT2D eigenvalue weighted by Crippen LogP contribution is -2.06. The third-order valence-corrected chi connectivity index (χ3v) is 3.38. The quantitative estimate of drug-likeness (QED) is 0.897. The third-order valence-electron chi connectivity index (χ3n) is 3.38. The molecule has 1 fully saturated rings. The molecule has 5 heteroatoms. The lowest BCUT2D eigenvalue weighted by Gasteiger charge is -2.11. The zero-order chi connectivity index (χ0) is 12.7. The number of aromatic nitrogens is 4. The van der Waals surface area contributed by atoms with E-state index in [4.69, 9.17) is 4.98 Å². The lowest BCUT2D eigenvalue weighted by atomic mass is 10.2. The van der Waals surface area contributed by atoms with Crippen molar-refractivity contribution in [1.82, 2.24) is 19.5 Å². The van der Waals surface area contributed by atoms with E-state index < -0.39 is 0 Å². The highest BCUT2D eigenvalue weighted by Gasteiger charge is 2.28. The normalized spacial score (nSPS) is 14.8. The molecule has 0 unspecified atom stereocenters. The Morgan fingerprint density at radius 2 is 2.11 bits per heavy atom. The van der Waals surface area contributed by atoms with E-state index in [1.807, 2.05) is 31.8 Å². The first-order chi connectivity index (χ1) is 8.70. The van der Waals surface area contributed by atoms with Crippen LogP contribution in [0.3, 0.4) is 0 Å². The molecule has 3 rings (SSSR count). The maximum Gasteiger partial charge on any atom is 0.158 e. The van der Waals surface area contributed by atoms with Crippen LogP contribution in [0, 0.1) is 6.92 Å². The highest BCUT2D eigenvalue weighted by Crippen LogP contribution is 2.39. The molecule has 0 radical (unpaired) electrons. The minimum Gasteiger partial charge on any atom is -0.373 e. The number of nitrogens with one attached hydrogen (secondary N) is 1. The van der Waals surface area contributed by atoms with E-state index in [-0.39, 0.29) is 0 Å². The molecular formula is C13H17N5. The molecule has 0 atom stereocenters. The number of hydrogen-bond donors (Lipinski definition) is 1. The minimum atomic E-state index is 0.539. The van der Waals surface area contributed by atoms with E-state index in [1.54, 1.807) is 6.20 Å². The summed E-state index contributed by atoms with van der Waals surface area (Å²) in [5.74, 6) is 3.29. The van der Waals surface area contributed by atoms with E-state index in [2.05, 4.69) is 15.3 Å². The third kappa shape index (κ3) is 1.75. The van der Waals surface area contributed by atoms with Gasteiger partial charge in [-0.05, 0) is 19.8 Å². The van der Waals surface area contributed by atoms with Crippen molar-refractivity contribution in [2.75, 3.05) is 12.4 Å². The average molecular weight is 243 g/mol. The Hall–Kier alpha value is -1.91. The molecule has 0 bridgehead atoms. The zero-order valence-electron chi connectivity index (χ0n) is 10.9. The van der Waals surface area contributed by atoms with Gasteiger partial charge in [0, 0.05) is 38.0 Å². The van der Waals surface area contributed by atoms with Gasteiger partial charge in [-0.3, -0.25) is 0 Å². The van der Waals surface area contributed by atoms with Gasteiger partial charge in [-0.2, -0.15) is 0 Å². The summed E-state index contributed by atoms with van der Waals surface area (Å²) in [6, 6.07) is 0. The van der Waals surface area contributed by atoms with Gasteiger partial charge in [-0.1, -0.05) is 0 Å². The van der Waals surface area contributed by atoms with E-state index in [1.165, 1.54) is 12.8 Å². The Kier molecular flexibility index (Phi) is 2.54. The molecule has 1 aliphatic rings. The Labute approximate surface area is 106 Å². The molecule has 2 heterocycles. The Morgan fingerprint density at radius 3 is 2.67 bits per heavy atom. The van der Waals surface area contributed by atoms with Crippen molar-refractivity contribution in [3.8, 4) is 11.5 Å². The van der Waals surface area contributed by atoms with Crippen molar-refractivity contribution < 1.29 is 0 Å². The summed E-state index contributed by atoms with van der Waals surface area (Å²) >= 11 is 0. The second-order valence-corrected chi connectivity index (χ2v) is 4.79. The van der Waals surface area contributed by atoms with Crippen molar-refractivity contribution in [2.24, 2.45) is 7.05 Å². The molecule has 0 aromatic carbocycles. The molecule has 1 aliphatic carbocycles. The van der Waals surface area contributed by atoms with Crippen LogP contribution in [0.25, 0.3) is 11.5 Å². The van der Waals surface area contributed by atoms with Gasteiger partial charge in [-0.15, -0.1) is 0 Å². The van der Waals surface area contributed by atoms with Gasteiger partial charge < -0.3 is 9.88 Å². The van der Waals surface area contributed by atoms with Gasteiger partial charge in [-0.25, -0.2) is 15.0 Å². The standard InChI is InChI=1S/C13H17N5/c1-8-10(13-15-6-7-18(13)3)16-12(9-4-5-9)17-11(8)14-2/h6-7,9H,4-5H2,1-3H3,(H,14,16,17). The molecule has 0 saturated heterocycles. The lowest BCUT2D eigenvalue weighted by molar-refractivity contribution is 0.883. The molecule has 0 aliphatic heterocycles. The average Bonchev–Trinajstić information content (AvgIpc) is 3.13. The number of hydrogen-bond acceptors (Lipinski definition) is 4. The van der Waals surface area contributed by atoms with E-state index in [0.717, 1.165) is 28.7 Å². The maximum absolute atomic E-state index is 4.71. The fourth-order valence-corrected chi connectivity index (χ4v) is 2.11. The summed E-state index contributed by atoms with van der Waals surface area (Å²) in [5.41, 5.74) is 1.99. The predicted molar refractivity (Wildman–Crippen MR) is 70.5 cm³/mol. The first-order valence-electron chi connectivity index (χ1n) is 6.24. The van der Waals surface area contributed by atoms with Gasteiger partial charge >= 0.3 is 0 Å². The van der Waals surface area contributed by atoms with Crippen molar-refractivity contribution in [3.05, 3.63) is 23.8 Å². The highest BCUT2D eigenvalue weighted by molar-refractivity contribution is 5.63. The monoisotopic (exact) mass is 243 g/mol. The van der Waals surface area contributed by atoms with Gasteiger partial charge in [0.25, 0.3) is 0 Å². The molecule has 18 heavy (non-hydrogen) atoms. The second kappa shape index (κ2) is 4.08. The van der Waals surface area contributed by atoms with Gasteiger partial charge in [0.2, 0.25) is 0 Å². The minimum absolute atomic E-state index is 0.539. The molecule has 2 aromatic heterocycles. The first kappa shape index (κ1) is 11.2. The SMILES string of the molecule is CNc1nc(C2CC2)nc(-c2nccn2C)c1C. The molecule has 1 saturated carbocycles. The second-order valence-electron chi connectivity index (χ2n) is 4.79. The Balaban J connectivity index is 2.18. The van der Waals surface area contributed by atoms with Crippen LogP contribution in [-0.4, -0.2) is 26.6 Å². The van der Waals surface area contributed by atoms with Crippen LogP contribution in [0.1, 0.15) is 30.1 Å². The number of rotatable bonds is 3. The zero-order valence-corrected chi connectivity index (χ0v) is 10.9. The fraction of sp³-hybridized carbons (Fsp3) is 0.462. The summed E-state index contributed by atoms with van der Waals surface area (Å²) in [6.45, 7) is 2.03. The number of aryl methyl sites for hydroxylation is 1. The summed E-state index contributed by atoms with van der Waals surface area (Å²) in [7, 11) is 3.88. The van der Waals surface area contributed by atoms with Crippen LogP contribution < -0.4 is 5.32 Å². The summed E-state index contributed by atoms with van der Waals surface area (Å²) in [4.78, 5) is 13.7. The molecule has 94 valence electrons. The van der Waals surface area contributed by atoms with E-state index in [9.17, 15) is 0 Å². The fourth-order valence-electron chi connectivity index (χ4n) is 2.11. The largest absolute Gasteiger partial charge is 0.373 e. The Morgan fingerprint density at radius 1 is 1.33 bits per heavy atom. The van der Waals surface area contributed by atoms with Gasteiger partial charge in [0.1, 0.15) is 17.3 Å². The van der Waals surface area contributed by atoms with Crippen molar-refractivity contribution in [1.29, 1.82) is 0 Å². The molecule has 2 aromatic rings. The summed E-state index contributed by atoms with van der Waals surface area (Å²) in [6.07, 6.45) is 6.14. The Bertz CT molecular complexity index is 583. The smallest absolute Gasteiger partial charge is 0.158 e. The van der Waals surface area contributed by atoms with Crippen LogP contribution in [-0.2, 0) is 7.05 Å². The topological polar surface area (TPSA) is 55.6 Å². The predicted octanol–water partition coefficient (Wildman–Crippen LogP) is 2.10. The highest BCUT2D eigenvalue weighted by atomic mass is 15.1. The van der Waals surface area contributed by atoms with Crippen LogP contribution in [0.15, 0.2) is 12.4 Å². The van der Waals surface area contributed by atoms with Gasteiger partial charge in [0.05, 0.1) is 0 Å². The first-order valence-corrected chi connectivity index (χ1v) is 6.24. The number of nitrogens with zero attached hydrogens (tertiary/aromatic N) is 4. The van der Waals surface area contributed by atoms with Crippen molar-refractivity contribution in [3.63, 3.8) is 0 Å². The van der Waals surface area contributed by atoms with Crippen molar-refractivity contribution >= 4 is 5.82 Å². The van der Waals surface area contributed by atoms with E-state index >= 15 is 0 Å². The van der Waals surface area contributed by atoms with Gasteiger partial charge in [0.15, 0.2) is 5.82 Å². The number of anilines is 1. The van der Waals surface area contributed by atoms with Crippen LogP contribution in [0.4, 0.5) is 5.82 Å². The van der Waals surface area contributed by atoms with Crippen LogP contribution in [0.2, 0.25) is 0 Å². The molecule has 1 N–H and O–H groups in total. The molecule has 0 spiro atoms. The summed E-state index contributed by atoms with van der Waals surface area (Å²) < 4.78 is 1.99. The number of imidazole rings is 1. The van der Waals surface area contributed by atoms with Crippen molar-refractivity contribution in [2.45, 2.75) is 25.7 Å². The maximum atomic E-state index is 4.71. The molecule has 0 amide bonds. The molecule has 5 nitrogen and oxygen atoms in total. The summed E-state index contributed by atoms with van der Waals surface area (Å²) in [5, 5.41) is 3.15. The van der Waals surface area contributed by atoms with E-state index in [0.29, 0.717) is 5.92 Å². The van der Waals surface area contributed by atoms with Crippen LogP contribution in [0.5, 0.6) is 0 Å². The molecular weight excluding hydrogens is 226 g/mol. The van der Waals surface area contributed by atoms with Crippen LogP contribution >= 0.6 is 0 Å².